The molecule has 2 aromatic carbocycles. The number of benzene rings is 2. The van der Waals surface area contributed by atoms with Crippen molar-refractivity contribution in [1.82, 2.24) is 10.3 Å². The number of phenolic OH excluding ortho intramolecular Hbond substituents is 1. The first-order chi connectivity index (χ1) is 11.1. The summed E-state index contributed by atoms with van der Waals surface area (Å²) >= 11 is 5.29. The Kier molecular flexibility index (Phi) is 5.94. The lowest BCUT2D eigenvalue weighted by Gasteiger charge is -2.15. The van der Waals surface area contributed by atoms with Crippen molar-refractivity contribution in [3.63, 3.8) is 0 Å². The van der Waals surface area contributed by atoms with Crippen molar-refractivity contribution in [2.75, 3.05) is 14.2 Å². The highest BCUT2D eigenvalue weighted by molar-refractivity contribution is 7.80. The summed E-state index contributed by atoms with van der Waals surface area (Å²) in [5.41, 5.74) is 1.90. The molecule has 0 aliphatic carbocycles. The van der Waals surface area contributed by atoms with Gasteiger partial charge < -0.3 is 15.2 Å². The molecule has 0 bridgehead atoms. The molecule has 2 N–H and O–H groups in total. The van der Waals surface area contributed by atoms with Crippen molar-refractivity contribution >= 4 is 23.5 Å². The molecule has 5 nitrogen and oxygen atoms in total. The minimum absolute atomic E-state index is 0.0730. The van der Waals surface area contributed by atoms with E-state index in [1.165, 1.54) is 7.11 Å². The summed E-state index contributed by atoms with van der Waals surface area (Å²) in [7, 11) is 3.27. The molecule has 2 rings (SSSR count). The summed E-state index contributed by atoms with van der Waals surface area (Å²) in [6.45, 7) is 0.642. The number of rotatable bonds is 5. The first kappa shape index (κ1) is 16.8. The Morgan fingerprint density at radius 2 is 2.04 bits per heavy atom. The Balaban J connectivity index is 1.91. The van der Waals surface area contributed by atoms with Crippen LogP contribution in [-0.4, -0.2) is 35.6 Å². The SMILES string of the molecule is COc1ccc(/C=N\N(C)C(=S)NCc2ccccc2)cc1O. The maximum atomic E-state index is 9.74. The van der Waals surface area contributed by atoms with Crippen LogP contribution in [0, 0.1) is 0 Å². The van der Waals surface area contributed by atoms with E-state index in [1.807, 2.05) is 30.3 Å². The number of phenols is 1. The number of hydrazone groups is 1. The lowest BCUT2D eigenvalue weighted by Crippen LogP contribution is -2.33. The maximum Gasteiger partial charge on any atom is 0.189 e. The van der Waals surface area contributed by atoms with Gasteiger partial charge in [-0.25, -0.2) is 5.01 Å². The highest BCUT2D eigenvalue weighted by Gasteiger charge is 2.03. The first-order valence-electron chi connectivity index (χ1n) is 7.06. The first-order valence-corrected chi connectivity index (χ1v) is 7.47. The van der Waals surface area contributed by atoms with Gasteiger partial charge in [0.05, 0.1) is 13.3 Å². The van der Waals surface area contributed by atoms with E-state index in [0.29, 0.717) is 17.4 Å². The molecule has 0 heterocycles. The molecule has 0 amide bonds. The van der Waals surface area contributed by atoms with Crippen LogP contribution in [0.15, 0.2) is 53.6 Å². The van der Waals surface area contributed by atoms with Crippen LogP contribution in [0.4, 0.5) is 0 Å². The average Bonchev–Trinajstić information content (AvgIpc) is 2.58. The van der Waals surface area contributed by atoms with Gasteiger partial charge in [0, 0.05) is 13.6 Å². The van der Waals surface area contributed by atoms with Gasteiger partial charge in [0.25, 0.3) is 0 Å². The molecule has 0 spiro atoms. The fourth-order valence-electron chi connectivity index (χ4n) is 1.88. The standard InChI is InChI=1S/C17H19N3O2S/c1-20(17(23)18-11-13-6-4-3-5-7-13)19-12-14-8-9-16(22-2)15(21)10-14/h3-10,12,21H,11H2,1-2H3,(H,18,23)/b19-12-. The van der Waals surface area contributed by atoms with Gasteiger partial charge in [0.15, 0.2) is 16.6 Å². The van der Waals surface area contributed by atoms with Gasteiger partial charge in [-0.1, -0.05) is 30.3 Å². The fraction of sp³-hybridized carbons (Fsp3) is 0.176. The van der Waals surface area contributed by atoms with Crippen LogP contribution < -0.4 is 10.1 Å². The molecule has 0 atom stereocenters. The average molecular weight is 329 g/mol. The smallest absolute Gasteiger partial charge is 0.189 e. The van der Waals surface area contributed by atoms with Crippen LogP contribution in [0.2, 0.25) is 0 Å². The van der Waals surface area contributed by atoms with E-state index in [4.69, 9.17) is 17.0 Å². The molecular formula is C17H19N3O2S. The van der Waals surface area contributed by atoms with E-state index in [2.05, 4.69) is 10.4 Å². The molecule has 120 valence electrons. The summed E-state index contributed by atoms with van der Waals surface area (Å²) < 4.78 is 5.00. The van der Waals surface area contributed by atoms with Gasteiger partial charge in [0.2, 0.25) is 0 Å². The second-order valence-electron chi connectivity index (χ2n) is 4.84. The van der Waals surface area contributed by atoms with Crippen LogP contribution in [0.5, 0.6) is 11.5 Å². The van der Waals surface area contributed by atoms with Gasteiger partial charge in [-0.15, -0.1) is 0 Å². The van der Waals surface area contributed by atoms with E-state index < -0.39 is 0 Å². The Bertz CT molecular complexity index is 689. The van der Waals surface area contributed by atoms with E-state index in [0.717, 1.165) is 11.1 Å². The molecule has 0 fully saturated rings. The number of hydrogen-bond donors (Lipinski definition) is 2. The van der Waals surface area contributed by atoms with Crippen LogP contribution in [-0.2, 0) is 6.54 Å². The molecule has 6 heteroatoms. The number of nitrogens with zero attached hydrogens (tertiary/aromatic N) is 2. The molecule has 23 heavy (non-hydrogen) atoms. The van der Waals surface area contributed by atoms with Gasteiger partial charge in [-0.05, 0) is 41.5 Å². The normalized spacial score (nSPS) is 10.5. The third-order valence-corrected chi connectivity index (χ3v) is 3.57. The molecule has 0 radical (unpaired) electrons. The molecule has 2 aromatic rings. The molecule has 0 aromatic heterocycles. The highest BCUT2D eigenvalue weighted by atomic mass is 32.1. The van der Waals surface area contributed by atoms with Crippen LogP contribution in [0.25, 0.3) is 0 Å². The summed E-state index contributed by atoms with van der Waals surface area (Å²) in [5, 5.41) is 19.2. The molecule has 0 aliphatic heterocycles. The van der Waals surface area contributed by atoms with E-state index >= 15 is 0 Å². The number of methoxy groups -OCH3 is 1. The number of hydrogen-bond acceptors (Lipinski definition) is 4. The zero-order valence-corrected chi connectivity index (χ0v) is 13.9. The topological polar surface area (TPSA) is 57.1 Å². The Labute approximate surface area is 141 Å². The third-order valence-electron chi connectivity index (χ3n) is 3.16. The van der Waals surface area contributed by atoms with Crippen molar-refractivity contribution in [1.29, 1.82) is 0 Å². The molecular weight excluding hydrogens is 310 g/mol. The van der Waals surface area contributed by atoms with Crippen molar-refractivity contribution in [3.8, 4) is 11.5 Å². The number of aromatic hydroxyl groups is 1. The highest BCUT2D eigenvalue weighted by Crippen LogP contribution is 2.25. The van der Waals surface area contributed by atoms with Crippen LogP contribution in [0.1, 0.15) is 11.1 Å². The van der Waals surface area contributed by atoms with Crippen molar-refractivity contribution in [2.45, 2.75) is 6.54 Å². The van der Waals surface area contributed by atoms with Crippen molar-refractivity contribution in [2.24, 2.45) is 5.10 Å². The molecule has 0 saturated heterocycles. The summed E-state index contributed by atoms with van der Waals surface area (Å²) in [4.78, 5) is 0. The van der Waals surface area contributed by atoms with E-state index in [1.54, 1.807) is 36.5 Å². The molecule has 0 aliphatic rings. The van der Waals surface area contributed by atoms with E-state index in [9.17, 15) is 5.11 Å². The predicted molar refractivity (Wildman–Crippen MR) is 95.9 cm³/mol. The van der Waals surface area contributed by atoms with Gasteiger partial charge >= 0.3 is 0 Å². The lowest BCUT2D eigenvalue weighted by molar-refractivity contribution is 0.373. The van der Waals surface area contributed by atoms with Gasteiger partial charge in [0.1, 0.15) is 0 Å². The zero-order chi connectivity index (χ0) is 16.7. The lowest BCUT2D eigenvalue weighted by atomic mass is 10.2. The third kappa shape index (κ3) is 4.96. The summed E-state index contributed by atoms with van der Waals surface area (Å²) in [5.74, 6) is 0.499. The largest absolute Gasteiger partial charge is 0.504 e. The summed E-state index contributed by atoms with van der Waals surface area (Å²) in [6.07, 6.45) is 1.62. The van der Waals surface area contributed by atoms with Crippen molar-refractivity contribution < 1.29 is 9.84 Å². The van der Waals surface area contributed by atoms with Crippen molar-refractivity contribution in [3.05, 3.63) is 59.7 Å². The molecule has 0 unspecified atom stereocenters. The van der Waals surface area contributed by atoms with Crippen LogP contribution in [0.3, 0.4) is 0 Å². The number of nitrogens with one attached hydrogen (secondary N) is 1. The Morgan fingerprint density at radius 1 is 1.30 bits per heavy atom. The summed E-state index contributed by atoms with van der Waals surface area (Å²) in [6, 6.07) is 15.1. The quantitative estimate of drug-likeness (QED) is 0.502. The Hall–Kier alpha value is -2.60. The Morgan fingerprint density at radius 3 is 2.70 bits per heavy atom. The fourth-order valence-corrected chi connectivity index (χ4v) is 2.00. The minimum Gasteiger partial charge on any atom is -0.504 e. The monoisotopic (exact) mass is 329 g/mol. The number of thiocarbonyl (C=S) groups is 1. The van der Waals surface area contributed by atoms with Crippen LogP contribution >= 0.6 is 12.2 Å². The number of ether oxygens (including phenoxy) is 1. The predicted octanol–water partition coefficient (Wildman–Crippen LogP) is 2.74. The second kappa shape index (κ2) is 8.14. The van der Waals surface area contributed by atoms with E-state index in [-0.39, 0.29) is 5.75 Å². The molecule has 0 saturated carbocycles. The minimum atomic E-state index is 0.0730. The van der Waals surface area contributed by atoms with Gasteiger partial charge in [-0.2, -0.15) is 5.10 Å². The maximum absolute atomic E-state index is 9.74. The zero-order valence-electron chi connectivity index (χ0n) is 13.1. The second-order valence-corrected chi connectivity index (χ2v) is 5.23. The van der Waals surface area contributed by atoms with Gasteiger partial charge in [-0.3, -0.25) is 0 Å².